The van der Waals surface area contributed by atoms with E-state index in [2.05, 4.69) is 4.98 Å². The zero-order chi connectivity index (χ0) is 19.6. The Bertz CT molecular complexity index is 835. The molecule has 0 aliphatic heterocycles. The lowest BCUT2D eigenvalue weighted by Gasteiger charge is -2.22. The molecule has 0 spiro atoms. The van der Waals surface area contributed by atoms with Gasteiger partial charge in [0.2, 0.25) is 5.88 Å². The second-order valence-corrected chi connectivity index (χ2v) is 8.97. The van der Waals surface area contributed by atoms with Gasteiger partial charge in [0.05, 0.1) is 23.8 Å². The number of halogens is 1. The van der Waals surface area contributed by atoms with Crippen LogP contribution >= 0.6 is 11.6 Å². The Balaban J connectivity index is 2.60. The average molecular weight is 397 g/mol. The summed E-state index contributed by atoms with van der Waals surface area (Å²) in [5.74, 6) is 1.06. The van der Waals surface area contributed by atoms with Gasteiger partial charge in [-0.3, -0.25) is 0 Å². The lowest BCUT2D eigenvalue weighted by molar-refractivity contribution is 0.243. The number of benzene rings is 1. The molecule has 1 aromatic heterocycles. The van der Waals surface area contributed by atoms with Crippen LogP contribution in [0.15, 0.2) is 24.3 Å². The number of rotatable bonds is 6. The molecule has 7 heteroatoms. The highest BCUT2D eigenvalue weighted by Gasteiger charge is 2.28. The number of pyridine rings is 1. The molecule has 2 aromatic rings. The molecule has 142 valence electrons. The summed E-state index contributed by atoms with van der Waals surface area (Å²) < 4.78 is 22.3. The van der Waals surface area contributed by atoms with Crippen LogP contribution in [0.3, 0.4) is 0 Å². The minimum absolute atomic E-state index is 0.00987. The van der Waals surface area contributed by atoms with Crippen LogP contribution in [0, 0.1) is 0 Å². The van der Waals surface area contributed by atoms with Crippen molar-refractivity contribution in [2.45, 2.75) is 45.5 Å². The average Bonchev–Trinajstić information content (AvgIpc) is 2.53. The maximum absolute atomic E-state index is 11.7. The van der Waals surface area contributed by atoms with Crippen LogP contribution in [-0.2, 0) is 11.4 Å². The number of hydrogen-bond acceptors (Lipinski definition) is 5. The Kier molecular flexibility index (Phi) is 6.45. The van der Waals surface area contributed by atoms with Gasteiger partial charge in [-0.25, -0.2) is 4.98 Å². The number of allylic oxidation sites excluding steroid dienone is 1. The minimum Gasteiger partial charge on any atom is -0.598 e. The van der Waals surface area contributed by atoms with Crippen molar-refractivity contribution in [1.29, 1.82) is 0 Å². The third kappa shape index (κ3) is 4.62. The maximum Gasteiger partial charge on any atom is 0.221 e. The first-order valence-electron chi connectivity index (χ1n) is 8.26. The maximum atomic E-state index is 11.7. The van der Waals surface area contributed by atoms with Crippen LogP contribution in [-0.4, -0.2) is 27.5 Å². The van der Waals surface area contributed by atoms with Crippen molar-refractivity contribution in [3.63, 3.8) is 0 Å². The van der Waals surface area contributed by atoms with Crippen LogP contribution in [0.4, 0.5) is 0 Å². The molecule has 2 N–H and O–H groups in total. The monoisotopic (exact) mass is 396 g/mol. The van der Waals surface area contributed by atoms with Gasteiger partial charge in [-0.15, -0.1) is 0 Å². The van der Waals surface area contributed by atoms with E-state index in [-0.39, 0.29) is 6.10 Å². The van der Waals surface area contributed by atoms with Gasteiger partial charge in [-0.1, -0.05) is 11.6 Å². The zero-order valence-electron chi connectivity index (χ0n) is 15.9. The van der Waals surface area contributed by atoms with Crippen LogP contribution in [0.5, 0.6) is 11.6 Å². The predicted molar refractivity (Wildman–Crippen MR) is 109 cm³/mol. The Morgan fingerprint density at radius 2 is 2.00 bits per heavy atom. The second-order valence-electron chi connectivity index (χ2n) is 6.92. The van der Waals surface area contributed by atoms with Gasteiger partial charge in [0.15, 0.2) is 4.75 Å². The van der Waals surface area contributed by atoms with Crippen molar-refractivity contribution in [2.24, 2.45) is 5.14 Å². The van der Waals surface area contributed by atoms with Gasteiger partial charge in [0, 0.05) is 28.4 Å². The van der Waals surface area contributed by atoms with Gasteiger partial charge in [-0.05, 0) is 58.4 Å². The van der Waals surface area contributed by atoms with E-state index in [9.17, 15) is 4.55 Å². The van der Waals surface area contributed by atoms with Crippen molar-refractivity contribution in [3.05, 3.63) is 34.9 Å². The summed E-state index contributed by atoms with van der Waals surface area (Å²) in [5.41, 5.74) is 2.39. The fourth-order valence-corrected chi connectivity index (χ4v) is 3.11. The highest BCUT2D eigenvalue weighted by molar-refractivity contribution is 7.90. The third-order valence-corrected chi connectivity index (χ3v) is 5.35. The smallest absolute Gasteiger partial charge is 0.221 e. The van der Waals surface area contributed by atoms with Gasteiger partial charge in [0.1, 0.15) is 5.75 Å². The molecule has 1 atom stereocenters. The molecule has 0 radical (unpaired) electrons. The fourth-order valence-electron chi connectivity index (χ4n) is 2.60. The van der Waals surface area contributed by atoms with Gasteiger partial charge >= 0.3 is 0 Å². The third-order valence-electron chi connectivity index (χ3n) is 3.90. The molecule has 0 fully saturated rings. The molecule has 0 aliphatic carbocycles. The van der Waals surface area contributed by atoms with E-state index < -0.39 is 16.1 Å². The normalized spacial score (nSPS) is 14.0. The van der Waals surface area contributed by atoms with E-state index in [4.69, 9.17) is 26.2 Å². The molecule has 1 heterocycles. The van der Waals surface area contributed by atoms with Gasteiger partial charge in [-0.2, -0.15) is 5.14 Å². The summed E-state index contributed by atoms with van der Waals surface area (Å²) in [5, 5.41) is 6.97. The number of methoxy groups -OCH3 is 1. The van der Waals surface area contributed by atoms with Crippen molar-refractivity contribution in [2.75, 3.05) is 7.11 Å². The highest BCUT2D eigenvalue weighted by Crippen LogP contribution is 2.35. The lowest BCUT2D eigenvalue weighted by Crippen LogP contribution is -2.36. The van der Waals surface area contributed by atoms with Crippen molar-refractivity contribution in [1.82, 2.24) is 4.98 Å². The Hall–Kier alpha value is -1.47. The number of ether oxygens (including phenoxy) is 2. The topological polar surface area (TPSA) is 80.4 Å². The number of nitrogens with two attached hydrogens (primary N) is 1. The largest absolute Gasteiger partial charge is 0.598 e. The van der Waals surface area contributed by atoms with Gasteiger partial charge < -0.3 is 14.0 Å². The number of fused-ring (bicyclic) bond motifs is 1. The van der Waals surface area contributed by atoms with Crippen molar-refractivity contribution in [3.8, 4) is 11.6 Å². The number of nitrogens with zero attached hydrogens (tertiary/aromatic N) is 1. The molecule has 5 nitrogen and oxygen atoms in total. The molecule has 2 rings (SSSR count). The van der Waals surface area contributed by atoms with Crippen LogP contribution in [0.1, 0.15) is 40.2 Å². The first kappa shape index (κ1) is 20.8. The number of hydrogen-bond donors (Lipinski definition) is 1. The van der Waals surface area contributed by atoms with E-state index in [1.54, 1.807) is 7.11 Å². The van der Waals surface area contributed by atoms with Crippen molar-refractivity contribution >= 4 is 39.4 Å². The summed E-state index contributed by atoms with van der Waals surface area (Å²) >= 11 is 4.85. The first-order chi connectivity index (χ1) is 12.0. The summed E-state index contributed by atoms with van der Waals surface area (Å²) in [4.78, 5) is 4.59. The standard InChI is InChI=1S/C19H25ClN2O3S/c1-11(2)25-17-9-16-13(8-15(17)20)7-14(18(22-16)24-6)12(3)10-19(4,5)26(21)23/h7-11H,21H2,1-6H3/b12-10+/t26-/m1/s1. The van der Waals surface area contributed by atoms with Crippen molar-refractivity contribution < 1.29 is 14.0 Å². The molecule has 0 amide bonds. The summed E-state index contributed by atoms with van der Waals surface area (Å²) in [7, 11) is 1.57. The van der Waals surface area contributed by atoms with Gasteiger partial charge in [0.25, 0.3) is 0 Å². The molecule has 0 aliphatic rings. The molecule has 1 aromatic carbocycles. The molecule has 0 saturated heterocycles. The van der Waals surface area contributed by atoms with E-state index >= 15 is 0 Å². The lowest BCUT2D eigenvalue weighted by atomic mass is 10.0. The summed E-state index contributed by atoms with van der Waals surface area (Å²) in [6.45, 7) is 9.43. The second kappa shape index (κ2) is 8.05. The number of aromatic nitrogens is 1. The molecule has 0 saturated carbocycles. The van der Waals surface area contributed by atoms with E-state index in [0.717, 1.165) is 22.0 Å². The molecule has 0 bridgehead atoms. The Morgan fingerprint density at radius 1 is 1.35 bits per heavy atom. The van der Waals surface area contributed by atoms with Crippen LogP contribution in [0.2, 0.25) is 5.02 Å². The quantitative estimate of drug-likeness (QED) is 0.727. The van der Waals surface area contributed by atoms with E-state index in [0.29, 0.717) is 16.7 Å². The molecule has 0 unspecified atom stereocenters. The zero-order valence-corrected chi connectivity index (χ0v) is 17.5. The molecule has 26 heavy (non-hydrogen) atoms. The first-order valence-corrected chi connectivity index (χ1v) is 9.85. The Morgan fingerprint density at radius 3 is 2.54 bits per heavy atom. The summed E-state index contributed by atoms with van der Waals surface area (Å²) in [6, 6.07) is 5.58. The predicted octanol–water partition coefficient (Wildman–Crippen LogP) is 4.49. The SMILES string of the molecule is COc1nc2cc(OC(C)C)c(Cl)cc2cc1/C(C)=C/C(C)(C)[S@+](N)[O-]. The minimum atomic E-state index is -1.49. The van der Waals surface area contributed by atoms with E-state index in [1.807, 2.05) is 58.9 Å². The van der Waals surface area contributed by atoms with Crippen LogP contribution in [0.25, 0.3) is 16.5 Å². The Labute approximate surface area is 162 Å². The molecular formula is C19H25ClN2O3S. The molecular weight excluding hydrogens is 372 g/mol. The fraction of sp³-hybridized carbons (Fsp3) is 0.421. The highest BCUT2D eigenvalue weighted by atomic mass is 35.5. The van der Waals surface area contributed by atoms with Crippen LogP contribution < -0.4 is 14.6 Å². The van der Waals surface area contributed by atoms with E-state index in [1.165, 1.54) is 0 Å². The summed E-state index contributed by atoms with van der Waals surface area (Å²) in [6.07, 6.45) is 1.88.